The number of carbonyl (C=O) groups is 3. The zero-order valence-electron chi connectivity index (χ0n) is 24.2. The van der Waals surface area contributed by atoms with E-state index in [1.165, 1.54) is 6.33 Å². The van der Waals surface area contributed by atoms with Crippen LogP contribution in [0.25, 0.3) is 21.7 Å². The quantitative estimate of drug-likeness (QED) is 0.207. The summed E-state index contributed by atoms with van der Waals surface area (Å²) < 4.78 is 7.02. The summed E-state index contributed by atoms with van der Waals surface area (Å²) in [4.78, 5) is 47.2. The number of amides is 2. The molecule has 2 heterocycles. The number of nitrogens with one attached hydrogen (secondary N) is 3. The third-order valence-corrected chi connectivity index (χ3v) is 7.15. The van der Waals surface area contributed by atoms with Gasteiger partial charge < -0.3 is 24.9 Å². The fourth-order valence-corrected chi connectivity index (χ4v) is 4.89. The van der Waals surface area contributed by atoms with Gasteiger partial charge in [0.05, 0.1) is 12.9 Å². The monoisotopic (exact) mass is 565 g/mol. The number of imidazole rings is 1. The maximum Gasteiger partial charge on any atom is 0.333 e. The number of aromatic nitrogens is 3. The molecule has 0 fully saturated rings. The summed E-state index contributed by atoms with van der Waals surface area (Å²) in [5, 5.41) is 8.79. The maximum absolute atomic E-state index is 13.6. The topological polar surface area (TPSA) is 118 Å². The standard InChI is InChI=1S/C33H35N5O4/c1-5-42-31(40)29(23-15-14-21-10-6-7-11-22(21)16-23)38-19-28(35-20-38)37-30(39)27(36-32(41)33(2,3)4)17-24-18-34-26-13-9-8-12-25(24)26/h6-16,18-20,27,29,34H,5,17H2,1-4H3,(H,36,41)(H,37,39)/t27-,29?/m1/s1. The molecule has 3 N–H and O–H groups in total. The molecule has 2 atom stereocenters. The second-order valence-corrected chi connectivity index (χ2v) is 11.3. The van der Waals surface area contributed by atoms with Crippen molar-refractivity contribution in [3.05, 3.63) is 96.6 Å². The van der Waals surface area contributed by atoms with E-state index in [1.807, 2.05) is 72.9 Å². The minimum Gasteiger partial charge on any atom is -0.464 e. The van der Waals surface area contributed by atoms with Gasteiger partial charge in [0, 0.05) is 35.1 Å². The van der Waals surface area contributed by atoms with Crippen LogP contribution in [0, 0.1) is 5.41 Å². The van der Waals surface area contributed by atoms with Gasteiger partial charge in [0.25, 0.3) is 0 Å². The van der Waals surface area contributed by atoms with Crippen LogP contribution < -0.4 is 10.6 Å². The lowest BCUT2D eigenvalue weighted by atomic mass is 9.94. The molecule has 9 nitrogen and oxygen atoms in total. The van der Waals surface area contributed by atoms with Crippen LogP contribution in [0.1, 0.15) is 44.9 Å². The van der Waals surface area contributed by atoms with Crippen LogP contribution in [0.4, 0.5) is 5.82 Å². The summed E-state index contributed by atoms with van der Waals surface area (Å²) in [5.74, 6) is -0.838. The van der Waals surface area contributed by atoms with Crippen LogP contribution in [0.3, 0.4) is 0 Å². The summed E-state index contributed by atoms with van der Waals surface area (Å²) in [6.07, 6.45) is 5.23. The molecule has 5 aromatic rings. The molecule has 0 bridgehead atoms. The van der Waals surface area contributed by atoms with Crippen LogP contribution in [-0.2, 0) is 25.5 Å². The van der Waals surface area contributed by atoms with Gasteiger partial charge in [-0.2, -0.15) is 0 Å². The van der Waals surface area contributed by atoms with Gasteiger partial charge >= 0.3 is 5.97 Å². The highest BCUT2D eigenvalue weighted by Crippen LogP contribution is 2.26. The Hall–Kier alpha value is -4.92. The number of benzene rings is 3. The number of fused-ring (bicyclic) bond motifs is 2. The molecule has 42 heavy (non-hydrogen) atoms. The number of hydrogen-bond acceptors (Lipinski definition) is 5. The fourth-order valence-electron chi connectivity index (χ4n) is 4.89. The lowest BCUT2D eigenvalue weighted by Gasteiger charge is -2.23. The first-order valence-electron chi connectivity index (χ1n) is 14.0. The molecule has 0 aliphatic heterocycles. The Bertz CT molecular complexity index is 1750. The SMILES string of the molecule is CCOC(=O)C(c1ccc2ccccc2c1)n1cnc(NC(=O)[C@@H](Cc2c[nH]c3ccccc23)NC(=O)C(C)(C)C)c1. The van der Waals surface area contributed by atoms with E-state index in [-0.39, 0.29) is 24.8 Å². The van der Waals surface area contributed by atoms with E-state index >= 15 is 0 Å². The molecular weight excluding hydrogens is 530 g/mol. The Morgan fingerprint density at radius 3 is 2.50 bits per heavy atom. The van der Waals surface area contributed by atoms with E-state index in [2.05, 4.69) is 20.6 Å². The van der Waals surface area contributed by atoms with Gasteiger partial charge in [-0.1, -0.05) is 75.4 Å². The number of H-pyrrole nitrogens is 1. The average molecular weight is 566 g/mol. The highest BCUT2D eigenvalue weighted by molar-refractivity contribution is 5.98. The van der Waals surface area contributed by atoms with Crippen molar-refractivity contribution < 1.29 is 19.1 Å². The zero-order valence-corrected chi connectivity index (χ0v) is 24.2. The molecule has 0 spiro atoms. The molecule has 5 rings (SSSR count). The Morgan fingerprint density at radius 1 is 1.00 bits per heavy atom. The minimum atomic E-state index is -0.859. The average Bonchev–Trinajstić information content (AvgIpc) is 3.59. The number of hydrogen-bond donors (Lipinski definition) is 3. The van der Waals surface area contributed by atoms with E-state index in [1.54, 1.807) is 38.5 Å². The highest BCUT2D eigenvalue weighted by Gasteiger charge is 2.30. The van der Waals surface area contributed by atoms with Crippen molar-refractivity contribution in [3.63, 3.8) is 0 Å². The van der Waals surface area contributed by atoms with Crippen molar-refractivity contribution in [2.24, 2.45) is 5.41 Å². The minimum absolute atomic E-state index is 0.226. The first-order chi connectivity index (χ1) is 20.1. The first-order valence-corrected chi connectivity index (χ1v) is 14.0. The number of nitrogens with zero attached hydrogens (tertiary/aromatic N) is 2. The largest absolute Gasteiger partial charge is 0.464 e. The molecule has 3 aromatic carbocycles. The van der Waals surface area contributed by atoms with Gasteiger partial charge in [0.15, 0.2) is 11.9 Å². The first kappa shape index (κ1) is 28.6. The third kappa shape index (κ3) is 6.20. The Kier molecular flexibility index (Phi) is 8.10. The van der Waals surface area contributed by atoms with E-state index in [9.17, 15) is 14.4 Å². The number of ether oxygens (including phenoxy) is 1. The predicted molar refractivity (Wildman–Crippen MR) is 163 cm³/mol. The number of anilines is 1. The van der Waals surface area contributed by atoms with Crippen molar-refractivity contribution in [3.8, 4) is 0 Å². The van der Waals surface area contributed by atoms with E-state index in [0.717, 1.165) is 32.8 Å². The van der Waals surface area contributed by atoms with E-state index in [4.69, 9.17) is 4.74 Å². The normalized spacial score (nSPS) is 13.0. The summed E-state index contributed by atoms with van der Waals surface area (Å²) in [7, 11) is 0. The number of esters is 1. The fraction of sp³-hybridized carbons (Fsp3) is 0.273. The van der Waals surface area contributed by atoms with Crippen molar-refractivity contribution in [1.82, 2.24) is 19.9 Å². The molecule has 2 aromatic heterocycles. The lowest BCUT2D eigenvalue weighted by molar-refractivity contribution is -0.145. The molecule has 0 saturated carbocycles. The number of carbonyl (C=O) groups excluding carboxylic acids is 3. The zero-order chi connectivity index (χ0) is 29.9. The molecule has 1 unspecified atom stereocenters. The van der Waals surface area contributed by atoms with Gasteiger partial charge in [0.1, 0.15) is 6.04 Å². The number of aromatic amines is 1. The van der Waals surface area contributed by atoms with Crippen LogP contribution in [0.5, 0.6) is 0 Å². The van der Waals surface area contributed by atoms with E-state index in [0.29, 0.717) is 0 Å². The molecule has 0 saturated heterocycles. The highest BCUT2D eigenvalue weighted by atomic mass is 16.5. The van der Waals surface area contributed by atoms with Crippen molar-refractivity contribution >= 4 is 45.3 Å². The number of rotatable bonds is 9. The summed E-state index contributed by atoms with van der Waals surface area (Å²) in [6.45, 7) is 7.38. The van der Waals surface area contributed by atoms with Crippen molar-refractivity contribution in [1.29, 1.82) is 0 Å². The van der Waals surface area contributed by atoms with Gasteiger partial charge in [-0.25, -0.2) is 9.78 Å². The summed E-state index contributed by atoms with van der Waals surface area (Å²) in [5.41, 5.74) is 1.90. The molecular formula is C33H35N5O4. The second kappa shape index (κ2) is 11.9. The summed E-state index contributed by atoms with van der Waals surface area (Å²) in [6, 6.07) is 19.9. The van der Waals surface area contributed by atoms with Crippen molar-refractivity contribution in [2.45, 2.75) is 46.2 Å². The predicted octanol–water partition coefficient (Wildman–Crippen LogP) is 5.38. The van der Waals surface area contributed by atoms with E-state index < -0.39 is 29.4 Å². The van der Waals surface area contributed by atoms with Gasteiger partial charge in [-0.05, 0) is 41.0 Å². The number of para-hydroxylation sites is 1. The van der Waals surface area contributed by atoms with Crippen LogP contribution in [0.2, 0.25) is 0 Å². The molecule has 216 valence electrons. The molecule has 0 aliphatic carbocycles. The molecule has 9 heteroatoms. The third-order valence-electron chi connectivity index (χ3n) is 7.15. The van der Waals surface area contributed by atoms with Gasteiger partial charge in [0.2, 0.25) is 11.8 Å². The maximum atomic E-state index is 13.6. The van der Waals surface area contributed by atoms with Gasteiger partial charge in [-0.3, -0.25) is 9.59 Å². The Morgan fingerprint density at radius 2 is 1.74 bits per heavy atom. The molecule has 2 amide bonds. The summed E-state index contributed by atoms with van der Waals surface area (Å²) >= 11 is 0. The lowest BCUT2D eigenvalue weighted by Crippen LogP contribution is -2.49. The van der Waals surface area contributed by atoms with Gasteiger partial charge in [-0.15, -0.1) is 0 Å². The smallest absolute Gasteiger partial charge is 0.333 e. The van der Waals surface area contributed by atoms with Crippen LogP contribution in [-0.4, -0.2) is 45.0 Å². The Labute approximate surface area is 244 Å². The van der Waals surface area contributed by atoms with Crippen LogP contribution in [0.15, 0.2) is 85.5 Å². The Balaban J connectivity index is 1.41. The van der Waals surface area contributed by atoms with Crippen molar-refractivity contribution in [2.75, 3.05) is 11.9 Å². The second-order valence-electron chi connectivity index (χ2n) is 11.3. The molecule has 0 aliphatic rings. The van der Waals surface area contributed by atoms with Crippen LogP contribution >= 0.6 is 0 Å². The molecule has 0 radical (unpaired) electrons.